The van der Waals surface area contributed by atoms with Crippen LogP contribution in [-0.2, 0) is 0 Å². The molecule has 116 valence electrons. The van der Waals surface area contributed by atoms with Crippen LogP contribution in [0.4, 0.5) is 16.2 Å². The number of anilines is 1. The first kappa shape index (κ1) is 14.7. The topological polar surface area (TPSA) is 68.5 Å². The molecule has 0 aliphatic carbocycles. The van der Waals surface area contributed by atoms with Crippen molar-refractivity contribution < 1.29 is 9.90 Å². The second kappa shape index (κ2) is 4.91. The second-order valence-electron chi connectivity index (χ2n) is 6.07. The summed E-state index contributed by atoms with van der Waals surface area (Å²) in [5.41, 5.74) is 4.39. The van der Waals surface area contributed by atoms with Crippen LogP contribution in [0.5, 0.6) is 0 Å². The molecule has 6 nitrogen and oxygen atoms in total. The van der Waals surface area contributed by atoms with Gasteiger partial charge in [0.15, 0.2) is 12.1 Å². The Balaban J connectivity index is 2.19. The third kappa shape index (κ3) is 2.02. The highest BCUT2D eigenvalue weighted by Crippen LogP contribution is 2.36. The van der Waals surface area contributed by atoms with Crippen molar-refractivity contribution in [3.63, 3.8) is 0 Å². The molecule has 22 heavy (non-hydrogen) atoms. The molecule has 0 aromatic heterocycles. The molecule has 0 radical (unpaired) electrons. The lowest BCUT2D eigenvalue weighted by atomic mass is 10.0. The van der Waals surface area contributed by atoms with Crippen LogP contribution in [0.1, 0.15) is 25.0 Å². The van der Waals surface area contributed by atoms with E-state index in [1.807, 2.05) is 51.8 Å². The maximum Gasteiger partial charge on any atom is 0.348 e. The Bertz CT molecular complexity index is 721. The Hall–Kier alpha value is -2.21. The van der Waals surface area contributed by atoms with Gasteiger partial charge in [0, 0.05) is 13.1 Å². The fourth-order valence-corrected chi connectivity index (χ4v) is 2.80. The molecule has 3 rings (SSSR count). The predicted molar refractivity (Wildman–Crippen MR) is 87.2 cm³/mol. The van der Waals surface area contributed by atoms with E-state index >= 15 is 0 Å². The highest BCUT2D eigenvalue weighted by Gasteiger charge is 2.39. The van der Waals surface area contributed by atoms with E-state index in [4.69, 9.17) is 0 Å². The van der Waals surface area contributed by atoms with Crippen molar-refractivity contribution in [2.24, 2.45) is 9.98 Å². The number of benzene rings is 1. The molecule has 2 heterocycles. The number of amidine groups is 1. The predicted octanol–water partition coefficient (Wildman–Crippen LogP) is 2.39. The highest BCUT2D eigenvalue weighted by atomic mass is 16.3. The Morgan fingerprint density at radius 1 is 1.18 bits per heavy atom. The van der Waals surface area contributed by atoms with Gasteiger partial charge in [0.25, 0.3) is 0 Å². The van der Waals surface area contributed by atoms with Gasteiger partial charge < -0.3 is 10.0 Å². The zero-order valence-corrected chi connectivity index (χ0v) is 13.5. The Labute approximate surface area is 129 Å². The number of hydrogen-bond donors (Lipinski definition) is 1. The summed E-state index contributed by atoms with van der Waals surface area (Å²) in [6.45, 7) is 7.75. The molecular formula is C16H20N4O2. The van der Waals surface area contributed by atoms with Gasteiger partial charge in [-0.15, -0.1) is 0 Å². The normalized spacial score (nSPS) is 20.7. The number of aryl methyl sites for hydroxylation is 2. The average Bonchev–Trinajstić information content (AvgIpc) is 2.43. The lowest BCUT2D eigenvalue weighted by Gasteiger charge is -2.39. The fourth-order valence-electron chi connectivity index (χ4n) is 2.80. The van der Waals surface area contributed by atoms with Crippen LogP contribution >= 0.6 is 0 Å². The number of aliphatic hydroxyl groups is 1. The number of aliphatic hydroxyl groups excluding tert-OH is 1. The van der Waals surface area contributed by atoms with Gasteiger partial charge in [0.1, 0.15) is 5.71 Å². The molecule has 1 N–H and O–H groups in total. The number of aliphatic imine (C=N–C) groups is 2. The van der Waals surface area contributed by atoms with E-state index in [9.17, 15) is 9.90 Å². The molecule has 1 atom stereocenters. The van der Waals surface area contributed by atoms with Crippen LogP contribution in [0.3, 0.4) is 0 Å². The van der Waals surface area contributed by atoms with Crippen molar-refractivity contribution >= 4 is 29.0 Å². The lowest BCUT2D eigenvalue weighted by Crippen LogP contribution is -2.57. The first-order valence-electron chi connectivity index (χ1n) is 7.34. The number of carbonyl (C=O) groups excluding carboxylic acids is 1. The lowest BCUT2D eigenvalue weighted by molar-refractivity contribution is 0.0651. The van der Waals surface area contributed by atoms with Gasteiger partial charge in [0.2, 0.25) is 0 Å². The smallest absolute Gasteiger partial charge is 0.348 e. The van der Waals surface area contributed by atoms with Gasteiger partial charge >= 0.3 is 6.03 Å². The number of hydrogen-bond acceptors (Lipinski definition) is 4. The SMILES string of the molecule is Cc1cc2c(cc1C)N(C)C1=NC(=O)N(C(C)C)C(O)C1=N2. The number of nitrogens with zero attached hydrogens (tertiary/aromatic N) is 4. The summed E-state index contributed by atoms with van der Waals surface area (Å²) < 4.78 is 0. The average molecular weight is 300 g/mol. The zero-order valence-electron chi connectivity index (χ0n) is 13.5. The molecule has 0 bridgehead atoms. The van der Waals surface area contributed by atoms with E-state index in [0.717, 1.165) is 22.5 Å². The van der Waals surface area contributed by atoms with Crippen LogP contribution in [0.15, 0.2) is 22.1 Å². The molecule has 0 saturated heterocycles. The summed E-state index contributed by atoms with van der Waals surface area (Å²) in [6.07, 6.45) is -1.07. The summed E-state index contributed by atoms with van der Waals surface area (Å²) in [6, 6.07) is 3.44. The van der Waals surface area contributed by atoms with E-state index in [-0.39, 0.29) is 6.04 Å². The molecule has 6 heteroatoms. The maximum atomic E-state index is 12.2. The highest BCUT2D eigenvalue weighted by molar-refractivity contribution is 6.51. The summed E-state index contributed by atoms with van der Waals surface area (Å²) in [7, 11) is 1.84. The van der Waals surface area contributed by atoms with Crippen molar-refractivity contribution in [3.05, 3.63) is 23.3 Å². The Morgan fingerprint density at radius 3 is 2.45 bits per heavy atom. The molecule has 0 fully saturated rings. The van der Waals surface area contributed by atoms with Crippen molar-refractivity contribution in [2.75, 3.05) is 11.9 Å². The number of amides is 2. The summed E-state index contributed by atoms with van der Waals surface area (Å²) >= 11 is 0. The maximum absolute atomic E-state index is 12.2. The van der Waals surface area contributed by atoms with Crippen molar-refractivity contribution in [1.29, 1.82) is 0 Å². The molecular weight excluding hydrogens is 280 g/mol. The standard InChI is InChI=1S/C16H20N4O2/c1-8(2)20-15(21)13-14(18-16(20)22)19(5)12-7-10(4)9(3)6-11(12)17-13/h6-8,15,21H,1-5H3. The molecule has 2 aliphatic heterocycles. The van der Waals surface area contributed by atoms with Crippen LogP contribution in [0.25, 0.3) is 0 Å². The molecule has 0 spiro atoms. The number of urea groups is 1. The van der Waals surface area contributed by atoms with E-state index in [1.165, 1.54) is 4.90 Å². The van der Waals surface area contributed by atoms with Crippen LogP contribution < -0.4 is 4.90 Å². The van der Waals surface area contributed by atoms with E-state index < -0.39 is 12.3 Å². The monoisotopic (exact) mass is 300 g/mol. The fraction of sp³-hybridized carbons (Fsp3) is 0.438. The molecule has 1 aromatic carbocycles. The quantitative estimate of drug-likeness (QED) is 0.866. The van der Waals surface area contributed by atoms with Gasteiger partial charge in [-0.1, -0.05) is 0 Å². The minimum atomic E-state index is -1.07. The van der Waals surface area contributed by atoms with Gasteiger partial charge in [-0.2, -0.15) is 4.99 Å². The summed E-state index contributed by atoms with van der Waals surface area (Å²) in [5.74, 6) is 0.421. The first-order chi connectivity index (χ1) is 10.3. The van der Waals surface area contributed by atoms with Crippen molar-refractivity contribution in [1.82, 2.24) is 4.90 Å². The Kier molecular flexibility index (Phi) is 3.29. The van der Waals surface area contributed by atoms with Gasteiger partial charge in [-0.3, -0.25) is 4.90 Å². The zero-order chi connectivity index (χ0) is 16.2. The van der Waals surface area contributed by atoms with E-state index in [1.54, 1.807) is 0 Å². The van der Waals surface area contributed by atoms with Crippen molar-refractivity contribution in [2.45, 2.75) is 40.0 Å². The van der Waals surface area contributed by atoms with Gasteiger partial charge in [-0.05, 0) is 51.0 Å². The molecule has 1 unspecified atom stereocenters. The molecule has 0 saturated carbocycles. The minimum absolute atomic E-state index is 0.151. The number of carbonyl (C=O) groups is 1. The van der Waals surface area contributed by atoms with E-state index in [2.05, 4.69) is 9.98 Å². The van der Waals surface area contributed by atoms with Gasteiger partial charge in [-0.25, -0.2) is 9.79 Å². The van der Waals surface area contributed by atoms with Crippen LogP contribution in [-0.4, -0.2) is 46.9 Å². The van der Waals surface area contributed by atoms with Crippen LogP contribution in [0, 0.1) is 13.8 Å². The third-order valence-electron chi connectivity index (χ3n) is 4.23. The van der Waals surface area contributed by atoms with Crippen molar-refractivity contribution in [3.8, 4) is 0 Å². The molecule has 2 aliphatic rings. The molecule has 2 amide bonds. The van der Waals surface area contributed by atoms with Gasteiger partial charge in [0.05, 0.1) is 11.4 Å². The second-order valence-corrected chi connectivity index (χ2v) is 6.07. The minimum Gasteiger partial charge on any atom is -0.368 e. The molecule has 1 aromatic rings. The summed E-state index contributed by atoms with van der Waals surface area (Å²) in [5, 5.41) is 10.5. The van der Waals surface area contributed by atoms with Crippen LogP contribution in [0.2, 0.25) is 0 Å². The number of rotatable bonds is 1. The summed E-state index contributed by atoms with van der Waals surface area (Å²) in [4.78, 5) is 24.0. The number of fused-ring (bicyclic) bond motifs is 2. The third-order valence-corrected chi connectivity index (χ3v) is 4.23. The van der Waals surface area contributed by atoms with E-state index in [0.29, 0.717) is 11.5 Å². The first-order valence-corrected chi connectivity index (χ1v) is 7.34. The Morgan fingerprint density at radius 2 is 1.82 bits per heavy atom. The largest absolute Gasteiger partial charge is 0.368 e.